The van der Waals surface area contributed by atoms with E-state index >= 15 is 0 Å². The number of carbonyl (C=O) groups is 1. The predicted molar refractivity (Wildman–Crippen MR) is 136 cm³/mol. The van der Waals surface area contributed by atoms with Crippen LogP contribution in [-0.2, 0) is 11.3 Å². The Morgan fingerprint density at radius 2 is 1.91 bits per heavy atom. The Hall–Kier alpha value is -1.60. The summed E-state index contributed by atoms with van der Waals surface area (Å²) in [5, 5.41) is 0.748. The molecule has 0 aliphatic carbocycles. The second-order valence-electron chi connectivity index (χ2n) is 9.89. The normalized spacial score (nSPS) is 22.5. The molecule has 2 fully saturated rings. The lowest BCUT2D eigenvalue weighted by atomic mass is 9.77. The summed E-state index contributed by atoms with van der Waals surface area (Å²) in [7, 11) is 2.12. The molecule has 2 aliphatic rings. The van der Waals surface area contributed by atoms with E-state index in [1.54, 1.807) is 0 Å². The fourth-order valence-corrected chi connectivity index (χ4v) is 6.03. The highest BCUT2D eigenvalue weighted by Crippen LogP contribution is 2.36. The third kappa shape index (κ3) is 6.50. The molecule has 1 aromatic heterocycles. The van der Waals surface area contributed by atoms with Gasteiger partial charge in [-0.15, -0.1) is 11.3 Å². The number of ether oxygens (including phenoxy) is 1. The third-order valence-electron chi connectivity index (χ3n) is 6.97. The number of hydrogen-bond acceptors (Lipinski definition) is 5. The molecule has 180 valence electrons. The third-order valence-corrected chi connectivity index (χ3v) is 8.38. The first-order valence-corrected chi connectivity index (χ1v) is 13.1. The van der Waals surface area contributed by atoms with Gasteiger partial charge in [0.1, 0.15) is 5.75 Å². The van der Waals surface area contributed by atoms with E-state index in [2.05, 4.69) is 40.8 Å². The van der Waals surface area contributed by atoms with Crippen molar-refractivity contribution in [1.29, 1.82) is 0 Å². The zero-order valence-corrected chi connectivity index (χ0v) is 21.7. The summed E-state index contributed by atoms with van der Waals surface area (Å²) in [6.45, 7) is 11.1. The second kappa shape index (κ2) is 10.8. The van der Waals surface area contributed by atoms with E-state index < -0.39 is 0 Å². The SMILES string of the molecule is Cc1ccc(CN2CCC[C@@](COc3ccc(Cl)c(C)c3)(CC(=O)N3CCN(C)CC3)C2)s1. The minimum atomic E-state index is -0.182. The number of likely N-dealkylation sites (N-methyl/N-ethyl adjacent to an activating group) is 1. The van der Waals surface area contributed by atoms with Crippen LogP contribution in [0.2, 0.25) is 5.02 Å². The molecular weight excluding hydrogens is 454 g/mol. The molecule has 0 N–H and O–H groups in total. The maximum atomic E-state index is 13.4. The second-order valence-corrected chi connectivity index (χ2v) is 11.7. The van der Waals surface area contributed by atoms with Crippen LogP contribution in [0.15, 0.2) is 30.3 Å². The molecule has 0 radical (unpaired) electrons. The lowest BCUT2D eigenvalue weighted by Crippen LogP contribution is -2.52. The van der Waals surface area contributed by atoms with Crippen molar-refractivity contribution in [2.24, 2.45) is 5.41 Å². The van der Waals surface area contributed by atoms with Gasteiger partial charge in [0.2, 0.25) is 5.91 Å². The van der Waals surface area contributed by atoms with Crippen LogP contribution in [0.1, 0.15) is 34.6 Å². The number of carbonyl (C=O) groups excluding carboxylic acids is 1. The van der Waals surface area contributed by atoms with Gasteiger partial charge in [-0.3, -0.25) is 9.69 Å². The van der Waals surface area contributed by atoms with Gasteiger partial charge in [-0.1, -0.05) is 11.6 Å². The van der Waals surface area contributed by atoms with Crippen molar-refractivity contribution in [3.05, 3.63) is 50.7 Å². The maximum absolute atomic E-state index is 13.4. The highest BCUT2D eigenvalue weighted by atomic mass is 35.5. The van der Waals surface area contributed by atoms with Crippen LogP contribution >= 0.6 is 22.9 Å². The topological polar surface area (TPSA) is 36.0 Å². The molecule has 2 aliphatic heterocycles. The quantitative estimate of drug-likeness (QED) is 0.557. The van der Waals surface area contributed by atoms with Gasteiger partial charge in [-0.2, -0.15) is 0 Å². The highest BCUT2D eigenvalue weighted by molar-refractivity contribution is 7.11. The molecule has 5 nitrogen and oxygen atoms in total. The van der Waals surface area contributed by atoms with Crippen molar-refractivity contribution in [3.63, 3.8) is 0 Å². The predicted octanol–water partition coefficient (Wildman–Crippen LogP) is 4.84. The highest BCUT2D eigenvalue weighted by Gasteiger charge is 2.40. The molecule has 4 rings (SSSR count). The van der Waals surface area contributed by atoms with Crippen LogP contribution in [-0.4, -0.2) is 73.5 Å². The number of halogens is 1. The first kappa shape index (κ1) is 24.5. The molecule has 1 amide bonds. The van der Waals surface area contributed by atoms with Gasteiger partial charge in [0.25, 0.3) is 0 Å². The molecule has 2 saturated heterocycles. The standard InChI is InChI=1S/C26H36ClN3O2S/c1-20-15-22(6-8-24(20)27)32-19-26(16-25(31)30-13-11-28(3)12-14-30)9-4-10-29(18-26)17-23-7-5-21(2)33-23/h5-8,15H,4,9-14,16-19H2,1-3H3/t26-/m1/s1. The van der Waals surface area contributed by atoms with Crippen LogP contribution in [0.3, 0.4) is 0 Å². The summed E-state index contributed by atoms with van der Waals surface area (Å²) in [5.41, 5.74) is 0.827. The van der Waals surface area contributed by atoms with Gasteiger partial charge >= 0.3 is 0 Å². The minimum Gasteiger partial charge on any atom is -0.493 e. The van der Waals surface area contributed by atoms with Gasteiger partial charge < -0.3 is 14.5 Å². The van der Waals surface area contributed by atoms with Crippen LogP contribution in [0.4, 0.5) is 0 Å². The Bertz CT molecular complexity index is 957. The Morgan fingerprint density at radius 3 is 2.61 bits per heavy atom. The van der Waals surface area contributed by atoms with Crippen LogP contribution < -0.4 is 4.74 Å². The largest absolute Gasteiger partial charge is 0.493 e. The van der Waals surface area contributed by atoms with E-state index in [-0.39, 0.29) is 11.3 Å². The number of likely N-dealkylation sites (tertiary alicyclic amines) is 1. The minimum absolute atomic E-state index is 0.182. The van der Waals surface area contributed by atoms with Crippen LogP contribution in [0.5, 0.6) is 5.75 Å². The van der Waals surface area contributed by atoms with Crippen molar-refractivity contribution < 1.29 is 9.53 Å². The molecule has 0 unspecified atom stereocenters. The fourth-order valence-electron chi connectivity index (χ4n) is 4.98. The van der Waals surface area contributed by atoms with E-state index in [1.165, 1.54) is 9.75 Å². The Labute approximate surface area is 207 Å². The molecule has 0 spiro atoms. The average molecular weight is 490 g/mol. The van der Waals surface area contributed by atoms with E-state index in [9.17, 15) is 4.79 Å². The van der Waals surface area contributed by atoms with E-state index in [0.29, 0.717) is 13.0 Å². The molecule has 0 bridgehead atoms. The smallest absolute Gasteiger partial charge is 0.223 e. The van der Waals surface area contributed by atoms with Crippen LogP contribution in [0, 0.1) is 19.3 Å². The summed E-state index contributed by atoms with van der Waals surface area (Å²) in [6.07, 6.45) is 2.64. The van der Waals surface area contributed by atoms with Gasteiger partial charge in [-0.05, 0) is 76.2 Å². The fraction of sp³-hybridized carbons (Fsp3) is 0.577. The molecule has 33 heavy (non-hydrogen) atoms. The number of nitrogens with zero attached hydrogens (tertiary/aromatic N) is 3. The van der Waals surface area contributed by atoms with Gasteiger partial charge in [0.15, 0.2) is 0 Å². The molecule has 1 atom stereocenters. The number of piperidine rings is 1. The number of aryl methyl sites for hydroxylation is 2. The monoisotopic (exact) mass is 489 g/mol. The van der Waals surface area contributed by atoms with Crippen LogP contribution in [0.25, 0.3) is 0 Å². The summed E-state index contributed by atoms with van der Waals surface area (Å²) in [6, 6.07) is 10.2. The summed E-state index contributed by atoms with van der Waals surface area (Å²) < 4.78 is 6.33. The zero-order valence-electron chi connectivity index (χ0n) is 20.1. The average Bonchev–Trinajstić information content (AvgIpc) is 3.19. The Morgan fingerprint density at radius 1 is 1.12 bits per heavy atom. The summed E-state index contributed by atoms with van der Waals surface area (Å²) in [4.78, 5) is 23.0. The van der Waals surface area contributed by atoms with Crippen molar-refractivity contribution in [2.45, 2.75) is 39.7 Å². The van der Waals surface area contributed by atoms with Crippen molar-refractivity contribution in [2.75, 3.05) is 52.9 Å². The molecule has 1 aromatic carbocycles. The van der Waals surface area contributed by atoms with Crippen molar-refractivity contribution in [3.8, 4) is 5.75 Å². The number of piperazine rings is 1. The van der Waals surface area contributed by atoms with Gasteiger partial charge in [0, 0.05) is 65.9 Å². The van der Waals surface area contributed by atoms with Gasteiger partial charge in [-0.25, -0.2) is 0 Å². The van der Waals surface area contributed by atoms with E-state index in [4.69, 9.17) is 16.3 Å². The molecule has 3 heterocycles. The summed E-state index contributed by atoms with van der Waals surface area (Å²) in [5.74, 6) is 1.10. The number of rotatable bonds is 7. The van der Waals surface area contributed by atoms with E-state index in [0.717, 1.165) is 75.0 Å². The number of benzene rings is 1. The van der Waals surface area contributed by atoms with Gasteiger partial charge in [0.05, 0.1) is 6.61 Å². The van der Waals surface area contributed by atoms with Crippen molar-refractivity contribution >= 4 is 28.8 Å². The first-order valence-electron chi connectivity index (χ1n) is 11.9. The molecule has 7 heteroatoms. The Kier molecular flexibility index (Phi) is 8.00. The number of thiophene rings is 1. The first-order chi connectivity index (χ1) is 15.8. The maximum Gasteiger partial charge on any atom is 0.223 e. The Balaban J connectivity index is 1.48. The van der Waals surface area contributed by atoms with Crippen molar-refractivity contribution in [1.82, 2.24) is 14.7 Å². The zero-order chi connectivity index (χ0) is 23.4. The molecule has 0 saturated carbocycles. The van der Waals surface area contributed by atoms with E-state index in [1.807, 2.05) is 36.5 Å². The lowest BCUT2D eigenvalue weighted by Gasteiger charge is -2.43. The number of hydrogen-bond donors (Lipinski definition) is 0. The molecular formula is C26H36ClN3O2S. The lowest BCUT2D eigenvalue weighted by molar-refractivity contribution is -0.137. The molecule has 2 aromatic rings. The number of amides is 1. The summed E-state index contributed by atoms with van der Waals surface area (Å²) >= 11 is 8.07.